The van der Waals surface area contributed by atoms with E-state index in [1.54, 1.807) is 0 Å². The Bertz CT molecular complexity index is 1330. The van der Waals surface area contributed by atoms with Crippen LogP contribution in [-0.4, -0.2) is 90.1 Å². The molecule has 1 fully saturated rings. The summed E-state index contributed by atoms with van der Waals surface area (Å²) in [6, 6.07) is 3.58. The Morgan fingerprint density at radius 2 is 2.03 bits per heavy atom. The zero-order valence-corrected chi connectivity index (χ0v) is 21.3. The average molecular weight is 571 g/mol. The number of rotatable bonds is 10. The molecule has 0 saturated carbocycles. The van der Waals surface area contributed by atoms with E-state index in [-0.39, 0.29) is 28.8 Å². The quantitative estimate of drug-likeness (QED) is 0.140. The third kappa shape index (κ3) is 5.87. The van der Waals surface area contributed by atoms with Gasteiger partial charge in [-0.3, -0.25) is 14.5 Å². The fourth-order valence-corrected chi connectivity index (χ4v) is 7.14. The van der Waals surface area contributed by atoms with Gasteiger partial charge in [0.25, 0.3) is 5.91 Å². The summed E-state index contributed by atoms with van der Waals surface area (Å²) in [5, 5.41) is 39.1. The fraction of sp³-hybridized carbons (Fsp3) is 0.368. The van der Waals surface area contributed by atoms with Crippen LogP contribution in [0, 0.1) is 0 Å². The summed E-state index contributed by atoms with van der Waals surface area (Å²) < 4.78 is 23.2. The van der Waals surface area contributed by atoms with E-state index in [0.717, 1.165) is 16.7 Å². The highest BCUT2D eigenvalue weighted by molar-refractivity contribution is 8.01. The topological polar surface area (TPSA) is 248 Å². The van der Waals surface area contributed by atoms with Gasteiger partial charge in [0, 0.05) is 11.0 Å². The number of carboxylic acids is 1. The number of sulfonamides is 1. The maximum Gasteiger partial charge on any atom is 0.352 e. The summed E-state index contributed by atoms with van der Waals surface area (Å²) in [6.45, 7) is 0. The summed E-state index contributed by atoms with van der Waals surface area (Å²) >= 11 is 2.24. The van der Waals surface area contributed by atoms with Gasteiger partial charge in [0.1, 0.15) is 28.9 Å². The number of nitrogens with zero attached hydrogens (tertiary/aromatic N) is 4. The number of H-pyrrole nitrogens is 1. The number of carboxylic acid groups (broad SMARTS) is 1. The highest BCUT2D eigenvalue weighted by Gasteiger charge is 2.55. The van der Waals surface area contributed by atoms with Crippen LogP contribution in [0.4, 0.5) is 0 Å². The average Bonchev–Trinajstić information content (AvgIpc) is 3.36. The molecule has 3 heterocycles. The number of benzene rings is 1. The number of hydrogen-bond donors (Lipinski definition) is 6. The second kappa shape index (κ2) is 10.7. The molecular formula is C19H22N8O7S3. The molecule has 8 N–H and O–H groups in total. The molecule has 18 heteroatoms. The van der Waals surface area contributed by atoms with E-state index in [0.29, 0.717) is 11.1 Å². The molecule has 4 atom stereocenters. The lowest BCUT2D eigenvalue weighted by Crippen LogP contribution is -2.71. The van der Waals surface area contributed by atoms with Crippen molar-refractivity contribution in [3.63, 3.8) is 0 Å². The van der Waals surface area contributed by atoms with E-state index >= 15 is 0 Å². The molecular weight excluding hydrogens is 548 g/mol. The Hall–Kier alpha value is -3.19. The minimum Gasteiger partial charge on any atom is -0.508 e. The Morgan fingerprint density at radius 3 is 2.62 bits per heavy atom. The highest BCUT2D eigenvalue weighted by Crippen LogP contribution is 2.44. The predicted octanol–water partition coefficient (Wildman–Crippen LogP) is -1.52. The summed E-state index contributed by atoms with van der Waals surface area (Å²) in [4.78, 5) is 39.1. The number of carbonyl (C=O) groups excluding carboxylic acids is 2. The summed E-state index contributed by atoms with van der Waals surface area (Å²) in [6.07, 6.45) is -0.0504. The fourth-order valence-electron chi connectivity index (χ4n) is 3.88. The number of aliphatic carboxylic acids is 1. The van der Waals surface area contributed by atoms with Crippen molar-refractivity contribution in [2.24, 2.45) is 10.9 Å². The molecule has 15 nitrogen and oxygen atoms in total. The molecule has 2 aliphatic heterocycles. The van der Waals surface area contributed by atoms with Gasteiger partial charge >= 0.3 is 5.97 Å². The molecule has 4 rings (SSSR count). The van der Waals surface area contributed by atoms with Crippen molar-refractivity contribution >= 4 is 51.3 Å². The van der Waals surface area contributed by atoms with Crippen molar-refractivity contribution < 1.29 is 33.0 Å². The number of primary sulfonamides is 1. The smallest absolute Gasteiger partial charge is 0.352 e. The van der Waals surface area contributed by atoms with Gasteiger partial charge in [0.15, 0.2) is 0 Å². The lowest BCUT2D eigenvalue weighted by molar-refractivity contribution is -0.150. The van der Waals surface area contributed by atoms with Gasteiger partial charge in [-0.2, -0.15) is 0 Å². The van der Waals surface area contributed by atoms with Gasteiger partial charge in [-0.1, -0.05) is 23.9 Å². The van der Waals surface area contributed by atoms with Gasteiger partial charge in [-0.15, -0.1) is 16.9 Å². The number of thioether (sulfide) groups is 2. The van der Waals surface area contributed by atoms with Crippen molar-refractivity contribution in [3.8, 4) is 5.75 Å². The van der Waals surface area contributed by atoms with Gasteiger partial charge < -0.3 is 21.3 Å². The van der Waals surface area contributed by atoms with Crippen LogP contribution in [0.25, 0.3) is 0 Å². The maximum absolute atomic E-state index is 13.0. The molecule has 0 bridgehead atoms. The molecule has 1 aromatic heterocycles. The molecule has 0 radical (unpaired) electrons. The van der Waals surface area contributed by atoms with Gasteiger partial charge in [-0.25, -0.2) is 23.4 Å². The largest absolute Gasteiger partial charge is 0.508 e. The predicted molar refractivity (Wildman–Crippen MR) is 131 cm³/mol. The first-order valence-electron chi connectivity index (χ1n) is 10.6. The minimum atomic E-state index is -3.86. The number of fused-ring (bicyclic) bond motifs is 1. The molecule has 2 aliphatic rings. The number of aromatic nitrogens is 4. The van der Waals surface area contributed by atoms with E-state index in [1.807, 2.05) is 0 Å². The minimum absolute atomic E-state index is 0.00340. The van der Waals surface area contributed by atoms with E-state index in [9.17, 15) is 33.0 Å². The van der Waals surface area contributed by atoms with Gasteiger partial charge in [0.2, 0.25) is 21.1 Å². The van der Waals surface area contributed by atoms with E-state index in [4.69, 9.17) is 10.9 Å². The molecule has 0 spiro atoms. The normalized spacial score (nSPS) is 21.1. The number of tetrazole rings is 1. The number of phenols is 1. The van der Waals surface area contributed by atoms with Crippen LogP contribution in [0.2, 0.25) is 0 Å². The number of phenolic OH excluding ortho intramolecular Hbond substituents is 1. The molecule has 1 aromatic carbocycles. The van der Waals surface area contributed by atoms with E-state index in [1.165, 1.54) is 36.0 Å². The van der Waals surface area contributed by atoms with E-state index in [2.05, 4.69) is 25.9 Å². The van der Waals surface area contributed by atoms with Crippen molar-refractivity contribution in [1.29, 1.82) is 0 Å². The van der Waals surface area contributed by atoms with Crippen LogP contribution in [0.3, 0.4) is 0 Å². The first-order chi connectivity index (χ1) is 17.5. The first kappa shape index (κ1) is 26.9. The molecule has 0 aliphatic carbocycles. The molecule has 2 aromatic rings. The number of hydrogen-bond acceptors (Lipinski definition) is 12. The third-order valence-corrected chi connectivity index (χ3v) is 8.97. The SMILES string of the molecule is NC(C(=O)NC1C(=O)N2C(C(=O)O)=C(C(CCS(N)(=O)=O)Sc3nnn[nH]3)CS[C@@H]12)c1ccc(O)cc1. The van der Waals surface area contributed by atoms with Crippen LogP contribution in [0.1, 0.15) is 18.0 Å². The van der Waals surface area contributed by atoms with Crippen molar-refractivity contribution in [3.05, 3.63) is 41.1 Å². The van der Waals surface area contributed by atoms with Crippen LogP contribution in [0.15, 0.2) is 40.7 Å². The molecule has 2 amide bonds. The first-order valence-corrected chi connectivity index (χ1v) is 14.3. The van der Waals surface area contributed by atoms with Gasteiger partial charge in [0.05, 0.1) is 5.75 Å². The zero-order valence-electron chi connectivity index (χ0n) is 18.8. The number of aromatic hydroxyl groups is 1. The molecule has 198 valence electrons. The van der Waals surface area contributed by atoms with Crippen molar-refractivity contribution in [2.45, 2.75) is 34.3 Å². The van der Waals surface area contributed by atoms with Crippen LogP contribution in [-0.2, 0) is 24.4 Å². The number of carbonyl (C=O) groups is 3. The standard InChI is InChI=1S/C19H22N8O7S3/c20-12(8-1-3-9(28)4-2-8)15(29)22-13-16(30)27-14(18(31)32)10(7-35-17(13)27)11(5-6-37(21,33)34)36-19-23-25-26-24-19/h1-4,11-13,17,28H,5-7,20H2,(H,22,29)(H,31,32)(H2,21,33,34)(H,23,24,25,26)/t11?,12?,13?,17-/m0/s1. The van der Waals surface area contributed by atoms with Crippen LogP contribution in [0.5, 0.6) is 5.75 Å². The number of aromatic amines is 1. The van der Waals surface area contributed by atoms with E-state index < -0.39 is 56.3 Å². The summed E-state index contributed by atoms with van der Waals surface area (Å²) in [7, 11) is -3.86. The van der Waals surface area contributed by atoms with Gasteiger partial charge in [-0.05, 0) is 40.1 Å². The monoisotopic (exact) mass is 570 g/mol. The second-order valence-electron chi connectivity index (χ2n) is 8.11. The molecule has 3 unspecified atom stereocenters. The lowest BCUT2D eigenvalue weighted by atomic mass is 9.99. The second-order valence-corrected chi connectivity index (χ2v) is 12.1. The van der Waals surface area contributed by atoms with Crippen molar-refractivity contribution in [2.75, 3.05) is 11.5 Å². The van der Waals surface area contributed by atoms with Crippen molar-refractivity contribution in [1.82, 2.24) is 30.8 Å². The number of amides is 2. The van der Waals surface area contributed by atoms with Crippen LogP contribution < -0.4 is 16.2 Å². The highest BCUT2D eigenvalue weighted by atomic mass is 32.2. The number of nitrogens with one attached hydrogen (secondary N) is 2. The Labute approximate surface area is 218 Å². The summed E-state index contributed by atoms with van der Waals surface area (Å²) in [5.74, 6) is -2.96. The maximum atomic E-state index is 13.0. The zero-order chi connectivity index (χ0) is 26.9. The summed E-state index contributed by atoms with van der Waals surface area (Å²) in [5.41, 5.74) is 6.42. The molecule has 37 heavy (non-hydrogen) atoms. The number of β-lactam (4-membered cyclic amide) rings is 1. The molecule has 1 saturated heterocycles. The Kier molecular flexibility index (Phi) is 7.74. The van der Waals surface area contributed by atoms with Crippen LogP contribution >= 0.6 is 23.5 Å². The Morgan fingerprint density at radius 1 is 1.32 bits per heavy atom. The number of nitrogens with two attached hydrogens (primary N) is 2. The third-order valence-electron chi connectivity index (χ3n) is 5.67. The Balaban J connectivity index is 1.55. The lowest BCUT2D eigenvalue weighted by Gasteiger charge is -2.50.